The first-order chi connectivity index (χ1) is 13.6. The topological polar surface area (TPSA) is 63.7 Å². The van der Waals surface area contributed by atoms with Gasteiger partial charge >= 0.3 is 6.09 Å². The van der Waals surface area contributed by atoms with Crippen LogP contribution in [0.1, 0.15) is 26.3 Å². The third-order valence-corrected chi connectivity index (χ3v) is 6.19. The van der Waals surface area contributed by atoms with E-state index in [9.17, 15) is 13.2 Å². The number of nitrogens with zero attached hydrogens (tertiary/aromatic N) is 1. The second kappa shape index (κ2) is 7.87. The Kier molecular flexibility index (Phi) is 5.66. The number of amides is 1. The molecule has 0 saturated carbocycles. The zero-order chi connectivity index (χ0) is 21.2. The summed E-state index contributed by atoms with van der Waals surface area (Å²) in [6, 6.07) is 19.1. The van der Waals surface area contributed by atoms with E-state index in [1.54, 1.807) is 55.6 Å². The Morgan fingerprint density at radius 1 is 0.931 bits per heavy atom. The number of rotatable bonds is 4. The van der Waals surface area contributed by atoms with E-state index in [2.05, 4.69) is 0 Å². The quantitative estimate of drug-likeness (QED) is 0.603. The monoisotopic (exact) mass is 411 g/mol. The van der Waals surface area contributed by atoms with Crippen molar-refractivity contribution in [3.8, 4) is 0 Å². The minimum absolute atomic E-state index is 0.244. The summed E-state index contributed by atoms with van der Waals surface area (Å²) < 4.78 is 31.2. The zero-order valence-electron chi connectivity index (χ0n) is 17.0. The Hall–Kier alpha value is -2.86. The first-order valence-electron chi connectivity index (χ1n) is 9.34. The molecule has 152 valence electrons. The lowest BCUT2D eigenvalue weighted by molar-refractivity contribution is 0.0286. The summed E-state index contributed by atoms with van der Waals surface area (Å²) >= 11 is 0. The summed E-state index contributed by atoms with van der Waals surface area (Å²) in [4.78, 5) is 14.3. The number of sulfone groups is 1. The lowest BCUT2D eigenvalue weighted by atomic mass is 10.0. The van der Waals surface area contributed by atoms with Crippen LogP contribution in [0, 0.1) is 0 Å². The molecule has 0 N–H and O–H groups in total. The van der Waals surface area contributed by atoms with E-state index in [4.69, 9.17) is 4.74 Å². The molecule has 3 aromatic carbocycles. The first-order valence-corrected chi connectivity index (χ1v) is 10.8. The van der Waals surface area contributed by atoms with Crippen molar-refractivity contribution >= 4 is 26.7 Å². The van der Waals surface area contributed by atoms with Gasteiger partial charge in [-0.25, -0.2) is 13.2 Å². The summed E-state index contributed by atoms with van der Waals surface area (Å²) in [5.41, 5.74) is 0.352. The van der Waals surface area contributed by atoms with E-state index in [1.807, 2.05) is 39.0 Å². The molecular weight excluding hydrogens is 386 g/mol. The van der Waals surface area contributed by atoms with Crippen LogP contribution in [0.25, 0.3) is 10.8 Å². The molecule has 0 unspecified atom stereocenters. The second-order valence-corrected chi connectivity index (χ2v) is 9.90. The van der Waals surface area contributed by atoms with Crippen molar-refractivity contribution in [2.24, 2.45) is 0 Å². The molecule has 5 nitrogen and oxygen atoms in total. The highest BCUT2D eigenvalue weighted by atomic mass is 32.2. The molecule has 0 spiro atoms. The maximum absolute atomic E-state index is 12.9. The number of hydrogen-bond donors (Lipinski definition) is 0. The van der Waals surface area contributed by atoms with Gasteiger partial charge in [-0.1, -0.05) is 42.5 Å². The Balaban J connectivity index is 1.92. The van der Waals surface area contributed by atoms with Gasteiger partial charge in [0.2, 0.25) is 9.84 Å². The van der Waals surface area contributed by atoms with E-state index < -0.39 is 21.5 Å². The predicted molar refractivity (Wildman–Crippen MR) is 114 cm³/mol. The van der Waals surface area contributed by atoms with Crippen LogP contribution < -0.4 is 0 Å². The third kappa shape index (κ3) is 4.77. The molecule has 0 aromatic heterocycles. The lowest BCUT2D eigenvalue weighted by Gasteiger charge is -2.25. The van der Waals surface area contributed by atoms with E-state index in [0.717, 1.165) is 16.3 Å². The van der Waals surface area contributed by atoms with Gasteiger partial charge in [0.1, 0.15) is 5.60 Å². The molecule has 0 atom stereocenters. The molecule has 0 aliphatic carbocycles. The Labute approximate surface area is 171 Å². The molecule has 0 saturated heterocycles. The molecule has 0 radical (unpaired) electrons. The highest BCUT2D eigenvalue weighted by molar-refractivity contribution is 7.91. The Morgan fingerprint density at radius 2 is 1.62 bits per heavy atom. The normalized spacial score (nSPS) is 12.0. The molecular formula is C23H25NO4S. The molecule has 0 fully saturated rings. The van der Waals surface area contributed by atoms with E-state index in [1.165, 1.54) is 4.90 Å². The van der Waals surface area contributed by atoms with Gasteiger partial charge in [0.25, 0.3) is 0 Å². The van der Waals surface area contributed by atoms with Gasteiger partial charge in [-0.2, -0.15) is 0 Å². The van der Waals surface area contributed by atoms with Crippen LogP contribution in [0.4, 0.5) is 4.79 Å². The maximum atomic E-state index is 12.9. The molecule has 6 heteroatoms. The molecule has 0 bridgehead atoms. The van der Waals surface area contributed by atoms with Crippen molar-refractivity contribution in [2.75, 3.05) is 7.05 Å². The van der Waals surface area contributed by atoms with Crippen molar-refractivity contribution < 1.29 is 17.9 Å². The van der Waals surface area contributed by atoms with Gasteiger partial charge in [0.15, 0.2) is 0 Å². The van der Waals surface area contributed by atoms with Gasteiger partial charge in [0, 0.05) is 13.6 Å². The van der Waals surface area contributed by atoms with E-state index in [-0.39, 0.29) is 9.79 Å². The van der Waals surface area contributed by atoms with Crippen molar-refractivity contribution in [3.05, 3.63) is 72.3 Å². The van der Waals surface area contributed by atoms with Crippen molar-refractivity contribution in [1.82, 2.24) is 4.90 Å². The van der Waals surface area contributed by atoms with Gasteiger partial charge in [-0.05, 0) is 61.4 Å². The maximum Gasteiger partial charge on any atom is 0.410 e. The number of benzene rings is 3. The highest BCUT2D eigenvalue weighted by Crippen LogP contribution is 2.27. The van der Waals surface area contributed by atoms with Gasteiger partial charge in [0.05, 0.1) is 9.79 Å². The van der Waals surface area contributed by atoms with Crippen LogP contribution in [0.15, 0.2) is 76.5 Å². The fraction of sp³-hybridized carbons (Fsp3) is 0.261. The van der Waals surface area contributed by atoms with Gasteiger partial charge in [-0.3, -0.25) is 0 Å². The molecule has 3 aromatic rings. The largest absolute Gasteiger partial charge is 0.444 e. The lowest BCUT2D eigenvalue weighted by Crippen LogP contribution is -2.33. The van der Waals surface area contributed by atoms with Crippen LogP contribution in [-0.4, -0.2) is 32.1 Å². The van der Waals surface area contributed by atoms with E-state index in [0.29, 0.717) is 6.54 Å². The van der Waals surface area contributed by atoms with Crippen LogP contribution >= 0.6 is 0 Å². The summed E-state index contributed by atoms with van der Waals surface area (Å²) in [5, 5.41) is 1.70. The predicted octanol–water partition coefficient (Wildman–Crippen LogP) is 5.04. The standard InChI is InChI=1S/C23H25NO4S/c1-23(2,3)28-22(25)24(4)16-18-10-8-9-17-15-20(13-14-21(17)18)29(26,27)19-11-6-5-7-12-19/h5-15H,16H2,1-4H3. The Bertz CT molecular complexity index is 1130. The average Bonchev–Trinajstić information content (AvgIpc) is 2.67. The van der Waals surface area contributed by atoms with Crippen molar-refractivity contribution in [3.63, 3.8) is 0 Å². The van der Waals surface area contributed by atoms with Gasteiger partial charge in [-0.15, -0.1) is 0 Å². The third-order valence-electron chi connectivity index (χ3n) is 4.42. The summed E-state index contributed by atoms with van der Waals surface area (Å²) in [5.74, 6) is 0. The molecule has 3 rings (SSSR count). The van der Waals surface area contributed by atoms with Crippen LogP contribution in [0.2, 0.25) is 0 Å². The molecule has 0 aliphatic rings. The number of fused-ring (bicyclic) bond motifs is 1. The number of ether oxygens (including phenoxy) is 1. The van der Waals surface area contributed by atoms with Crippen molar-refractivity contribution in [1.29, 1.82) is 0 Å². The summed E-state index contributed by atoms with van der Waals surface area (Å²) in [6.45, 7) is 5.83. The average molecular weight is 412 g/mol. The smallest absolute Gasteiger partial charge is 0.410 e. The molecule has 0 heterocycles. The number of carbonyl (C=O) groups excluding carboxylic acids is 1. The minimum Gasteiger partial charge on any atom is -0.444 e. The number of carbonyl (C=O) groups is 1. The zero-order valence-corrected chi connectivity index (χ0v) is 17.9. The first kappa shape index (κ1) is 20.9. The van der Waals surface area contributed by atoms with Gasteiger partial charge < -0.3 is 9.64 Å². The molecule has 29 heavy (non-hydrogen) atoms. The molecule has 1 amide bonds. The highest BCUT2D eigenvalue weighted by Gasteiger charge is 2.21. The summed E-state index contributed by atoms with van der Waals surface area (Å²) in [7, 11) is -1.90. The minimum atomic E-state index is -3.58. The molecule has 0 aliphatic heterocycles. The fourth-order valence-corrected chi connectivity index (χ4v) is 4.35. The van der Waals surface area contributed by atoms with Crippen LogP contribution in [-0.2, 0) is 21.1 Å². The summed E-state index contributed by atoms with van der Waals surface area (Å²) in [6.07, 6.45) is -0.405. The van der Waals surface area contributed by atoms with E-state index >= 15 is 0 Å². The second-order valence-electron chi connectivity index (χ2n) is 7.95. The van der Waals surface area contributed by atoms with Crippen molar-refractivity contribution in [2.45, 2.75) is 42.7 Å². The number of hydrogen-bond acceptors (Lipinski definition) is 4. The SMILES string of the molecule is CN(Cc1cccc2cc(S(=O)(=O)c3ccccc3)ccc12)C(=O)OC(C)(C)C. The fourth-order valence-electron chi connectivity index (χ4n) is 3.03. The van der Waals surface area contributed by atoms with Crippen LogP contribution in [0.3, 0.4) is 0 Å². The van der Waals surface area contributed by atoms with Crippen LogP contribution in [0.5, 0.6) is 0 Å². The Morgan fingerprint density at radius 3 is 2.28 bits per heavy atom.